The minimum absolute atomic E-state index is 0.174. The number of piperidine rings is 1. The first-order valence-electron chi connectivity index (χ1n) is 11.6. The van der Waals surface area contributed by atoms with Gasteiger partial charge in [-0.15, -0.1) is 0 Å². The van der Waals surface area contributed by atoms with Crippen LogP contribution in [-0.2, 0) is 11.3 Å². The van der Waals surface area contributed by atoms with Crippen LogP contribution in [0.15, 0.2) is 67.1 Å². The van der Waals surface area contributed by atoms with Crippen molar-refractivity contribution in [2.45, 2.75) is 45.2 Å². The molecule has 0 radical (unpaired) electrons. The number of nitrogens with one attached hydrogen (secondary N) is 1. The van der Waals surface area contributed by atoms with Gasteiger partial charge < -0.3 is 10.2 Å². The van der Waals surface area contributed by atoms with E-state index < -0.39 is 0 Å². The second-order valence-electron chi connectivity index (χ2n) is 8.82. The van der Waals surface area contributed by atoms with Gasteiger partial charge >= 0.3 is 0 Å². The molecule has 1 saturated heterocycles. The van der Waals surface area contributed by atoms with Crippen molar-refractivity contribution in [1.82, 2.24) is 24.8 Å². The first kappa shape index (κ1) is 22.9. The number of aromatic nitrogens is 3. The van der Waals surface area contributed by atoms with Crippen LogP contribution in [0, 0.1) is 0 Å². The fourth-order valence-electron chi connectivity index (χ4n) is 4.22. The number of rotatable bonds is 8. The Kier molecular flexibility index (Phi) is 7.62. The molecule has 7 nitrogen and oxygen atoms in total. The number of likely N-dealkylation sites (tertiary alicyclic amines) is 1. The third kappa shape index (κ3) is 6.35. The Balaban J connectivity index is 1.28. The van der Waals surface area contributed by atoms with Gasteiger partial charge in [0.2, 0.25) is 11.9 Å². The summed E-state index contributed by atoms with van der Waals surface area (Å²) in [4.78, 5) is 30.3. The average molecular weight is 445 g/mol. The Labute approximate surface area is 195 Å². The number of benzene rings is 1. The van der Waals surface area contributed by atoms with Crippen LogP contribution in [0.3, 0.4) is 0 Å². The summed E-state index contributed by atoms with van der Waals surface area (Å²) in [6.07, 6.45) is 7.27. The molecule has 1 fully saturated rings. The van der Waals surface area contributed by atoms with Crippen molar-refractivity contribution >= 4 is 17.5 Å². The van der Waals surface area contributed by atoms with Crippen molar-refractivity contribution < 1.29 is 4.79 Å². The van der Waals surface area contributed by atoms with Crippen molar-refractivity contribution in [3.05, 3.63) is 78.4 Å². The van der Waals surface area contributed by atoms with Gasteiger partial charge in [0.1, 0.15) is 0 Å². The van der Waals surface area contributed by atoms with Crippen molar-refractivity contribution in [3.63, 3.8) is 0 Å². The second-order valence-corrected chi connectivity index (χ2v) is 8.82. The lowest BCUT2D eigenvalue weighted by atomic mass is 9.93. The smallest absolute Gasteiger partial charge is 0.237 e. The molecule has 3 aromatic rings. The van der Waals surface area contributed by atoms with E-state index >= 15 is 0 Å². The van der Waals surface area contributed by atoms with Crippen molar-refractivity contribution in [2.24, 2.45) is 0 Å². The van der Waals surface area contributed by atoms with Gasteiger partial charge in [-0.1, -0.05) is 30.3 Å². The summed E-state index contributed by atoms with van der Waals surface area (Å²) in [6.45, 7) is 7.13. The van der Waals surface area contributed by atoms with Crippen LogP contribution < -0.4 is 5.32 Å². The lowest BCUT2D eigenvalue weighted by Gasteiger charge is -2.34. The Bertz CT molecular complexity index is 1000. The summed E-state index contributed by atoms with van der Waals surface area (Å²) in [7, 11) is 0. The molecule has 0 unspecified atom stereocenters. The SMILES string of the molecule is CC(C)N(Cc1ccccc1)C(=O)CN1CCC(c2ccc(Nc3ncccn3)cn2)CC1. The maximum atomic E-state index is 13.1. The molecule has 0 atom stereocenters. The van der Waals surface area contributed by atoms with Gasteiger partial charge in [0, 0.05) is 36.6 Å². The summed E-state index contributed by atoms with van der Waals surface area (Å²) < 4.78 is 0. The largest absolute Gasteiger partial charge is 0.335 e. The number of hydrogen-bond donors (Lipinski definition) is 1. The van der Waals surface area contributed by atoms with Crippen LogP contribution in [-0.4, -0.2) is 56.3 Å². The number of anilines is 2. The summed E-state index contributed by atoms with van der Waals surface area (Å²) in [6, 6.07) is 16.3. The fraction of sp³-hybridized carbons (Fsp3) is 0.385. The molecule has 2 aromatic heterocycles. The van der Waals surface area contributed by atoms with Crippen LogP contribution in [0.5, 0.6) is 0 Å². The molecule has 1 aliphatic heterocycles. The maximum absolute atomic E-state index is 13.1. The lowest BCUT2D eigenvalue weighted by molar-refractivity contribution is -0.135. The van der Waals surface area contributed by atoms with Crippen LogP contribution in [0.4, 0.5) is 11.6 Å². The molecule has 1 aliphatic rings. The maximum Gasteiger partial charge on any atom is 0.237 e. The van der Waals surface area contributed by atoms with E-state index in [2.05, 4.69) is 57.2 Å². The summed E-state index contributed by atoms with van der Waals surface area (Å²) in [5, 5.41) is 3.16. The Morgan fingerprint density at radius 3 is 2.39 bits per heavy atom. The number of carbonyl (C=O) groups is 1. The van der Waals surface area contributed by atoms with E-state index in [-0.39, 0.29) is 11.9 Å². The molecular formula is C26H32N6O. The highest BCUT2D eigenvalue weighted by molar-refractivity contribution is 5.78. The highest BCUT2D eigenvalue weighted by atomic mass is 16.2. The quantitative estimate of drug-likeness (QED) is 0.560. The summed E-state index contributed by atoms with van der Waals surface area (Å²) in [5.41, 5.74) is 3.15. The number of amides is 1. The number of pyridine rings is 1. The zero-order valence-corrected chi connectivity index (χ0v) is 19.4. The molecule has 0 bridgehead atoms. The highest BCUT2D eigenvalue weighted by Gasteiger charge is 2.25. The lowest BCUT2D eigenvalue weighted by Crippen LogP contribution is -2.45. The molecule has 0 spiro atoms. The molecule has 0 aliphatic carbocycles. The van der Waals surface area contributed by atoms with Crippen LogP contribution in [0.2, 0.25) is 0 Å². The first-order valence-corrected chi connectivity index (χ1v) is 11.6. The van der Waals surface area contributed by atoms with E-state index in [0.717, 1.165) is 37.3 Å². The molecule has 33 heavy (non-hydrogen) atoms. The van der Waals surface area contributed by atoms with Crippen molar-refractivity contribution in [2.75, 3.05) is 25.0 Å². The molecule has 172 valence electrons. The average Bonchev–Trinajstić information content (AvgIpc) is 2.84. The highest BCUT2D eigenvalue weighted by Crippen LogP contribution is 2.27. The molecule has 3 heterocycles. The predicted molar refractivity (Wildman–Crippen MR) is 130 cm³/mol. The fourth-order valence-corrected chi connectivity index (χ4v) is 4.22. The molecule has 4 rings (SSSR count). The third-order valence-corrected chi connectivity index (χ3v) is 6.11. The molecule has 0 saturated carbocycles. The van der Waals surface area contributed by atoms with Gasteiger partial charge in [0.25, 0.3) is 0 Å². The van der Waals surface area contributed by atoms with Crippen LogP contribution >= 0.6 is 0 Å². The van der Waals surface area contributed by atoms with E-state index in [0.29, 0.717) is 25.0 Å². The third-order valence-electron chi connectivity index (χ3n) is 6.11. The van der Waals surface area contributed by atoms with E-state index in [1.54, 1.807) is 18.5 Å². The predicted octanol–water partition coefficient (Wildman–Crippen LogP) is 4.23. The van der Waals surface area contributed by atoms with Crippen molar-refractivity contribution in [3.8, 4) is 0 Å². The van der Waals surface area contributed by atoms with Crippen LogP contribution in [0.25, 0.3) is 0 Å². The monoisotopic (exact) mass is 444 g/mol. The van der Waals surface area contributed by atoms with E-state index in [4.69, 9.17) is 0 Å². The van der Waals surface area contributed by atoms with Gasteiger partial charge in [-0.25, -0.2) is 9.97 Å². The molecule has 1 amide bonds. The first-order chi connectivity index (χ1) is 16.1. The van der Waals surface area contributed by atoms with Gasteiger partial charge in [-0.2, -0.15) is 0 Å². The number of hydrogen-bond acceptors (Lipinski definition) is 6. The summed E-state index contributed by atoms with van der Waals surface area (Å²) in [5.74, 6) is 1.18. The standard InChI is InChI=1S/C26H32N6O/c1-20(2)32(18-21-7-4-3-5-8-21)25(33)19-31-15-11-22(12-16-31)24-10-9-23(17-29-24)30-26-27-13-6-14-28-26/h3-10,13-14,17,20,22H,11-12,15-16,18-19H2,1-2H3,(H,27,28,30). The van der Waals surface area contributed by atoms with Gasteiger partial charge in [0.05, 0.1) is 18.4 Å². The minimum Gasteiger partial charge on any atom is -0.335 e. The Morgan fingerprint density at radius 2 is 1.76 bits per heavy atom. The Hall–Kier alpha value is -3.32. The number of carbonyl (C=O) groups excluding carboxylic acids is 1. The number of nitrogens with zero attached hydrogens (tertiary/aromatic N) is 5. The van der Waals surface area contributed by atoms with E-state index in [9.17, 15) is 4.79 Å². The van der Waals surface area contributed by atoms with Crippen LogP contribution in [0.1, 0.15) is 43.9 Å². The zero-order valence-electron chi connectivity index (χ0n) is 19.4. The molecular weight excluding hydrogens is 412 g/mol. The van der Waals surface area contributed by atoms with Gasteiger partial charge in [-0.05, 0) is 63.5 Å². The van der Waals surface area contributed by atoms with Gasteiger partial charge in [0.15, 0.2) is 0 Å². The normalized spacial score (nSPS) is 14.9. The summed E-state index contributed by atoms with van der Waals surface area (Å²) >= 11 is 0. The van der Waals surface area contributed by atoms with E-state index in [1.165, 1.54) is 5.56 Å². The molecule has 1 N–H and O–H groups in total. The van der Waals surface area contributed by atoms with E-state index in [1.807, 2.05) is 35.4 Å². The molecule has 7 heteroatoms. The van der Waals surface area contributed by atoms with Crippen molar-refractivity contribution in [1.29, 1.82) is 0 Å². The minimum atomic E-state index is 0.174. The zero-order chi connectivity index (χ0) is 23.0. The van der Waals surface area contributed by atoms with Gasteiger partial charge in [-0.3, -0.25) is 14.7 Å². The molecule has 1 aromatic carbocycles. The Morgan fingerprint density at radius 1 is 1.03 bits per heavy atom. The second kappa shape index (κ2) is 11.0. The topological polar surface area (TPSA) is 74.2 Å².